The van der Waals surface area contributed by atoms with Gasteiger partial charge in [-0.05, 0) is 36.0 Å². The van der Waals surface area contributed by atoms with Gasteiger partial charge in [0.1, 0.15) is 0 Å². The van der Waals surface area contributed by atoms with E-state index in [1.807, 2.05) is 13.8 Å². The molecule has 0 N–H and O–H groups in total. The number of hydrogen-bond donors (Lipinski definition) is 0. The summed E-state index contributed by atoms with van der Waals surface area (Å²) in [6, 6.07) is 0. The van der Waals surface area contributed by atoms with Crippen LogP contribution in [0.2, 0.25) is 0 Å². The molecule has 2 saturated carbocycles. The van der Waals surface area contributed by atoms with E-state index in [4.69, 9.17) is 9.47 Å². The lowest BCUT2D eigenvalue weighted by Crippen LogP contribution is -2.50. The van der Waals surface area contributed by atoms with Gasteiger partial charge in [-0.1, -0.05) is 55.4 Å². The highest BCUT2D eigenvalue weighted by Crippen LogP contribution is 2.77. The molecule has 128 valence electrons. The van der Waals surface area contributed by atoms with Crippen molar-refractivity contribution in [2.24, 2.45) is 27.6 Å². The normalized spacial score (nSPS) is 53.5. The molecule has 0 unspecified atom stereocenters. The fraction of sp³-hybridized carbons (Fsp3) is 1.00. The third kappa shape index (κ3) is 1.75. The van der Waals surface area contributed by atoms with Crippen LogP contribution in [0.5, 0.6) is 0 Å². The molecule has 0 aromatic carbocycles. The summed E-state index contributed by atoms with van der Waals surface area (Å²) < 4.78 is 13.0. The van der Waals surface area contributed by atoms with Crippen molar-refractivity contribution in [2.75, 3.05) is 6.61 Å². The van der Waals surface area contributed by atoms with E-state index in [0.717, 1.165) is 13.0 Å². The van der Waals surface area contributed by atoms with Crippen LogP contribution >= 0.6 is 0 Å². The lowest BCUT2D eigenvalue weighted by atomic mass is 9.65. The van der Waals surface area contributed by atoms with E-state index >= 15 is 0 Å². The fourth-order valence-electron chi connectivity index (χ4n) is 5.68. The first-order valence-electron chi connectivity index (χ1n) is 9.39. The van der Waals surface area contributed by atoms with Crippen LogP contribution in [0.3, 0.4) is 0 Å². The van der Waals surface area contributed by atoms with Gasteiger partial charge < -0.3 is 9.47 Å². The predicted molar refractivity (Wildman–Crippen MR) is 90.6 cm³/mol. The van der Waals surface area contributed by atoms with Crippen molar-refractivity contribution in [1.29, 1.82) is 0 Å². The summed E-state index contributed by atoms with van der Waals surface area (Å²) in [5, 5.41) is 0. The highest BCUT2D eigenvalue weighted by Gasteiger charge is 2.79. The molecular weight excluding hydrogens is 272 g/mol. The van der Waals surface area contributed by atoms with Crippen LogP contribution in [0.4, 0.5) is 0 Å². The van der Waals surface area contributed by atoms with Gasteiger partial charge in [-0.25, -0.2) is 0 Å². The minimum absolute atomic E-state index is 0.264. The third-order valence-electron chi connectivity index (χ3n) is 8.37. The van der Waals surface area contributed by atoms with Gasteiger partial charge in [-0.2, -0.15) is 0 Å². The summed E-state index contributed by atoms with van der Waals surface area (Å²) >= 11 is 0. The van der Waals surface area contributed by atoms with Gasteiger partial charge in [0, 0.05) is 17.3 Å². The van der Waals surface area contributed by atoms with Crippen molar-refractivity contribution in [1.82, 2.24) is 0 Å². The predicted octanol–water partition coefficient (Wildman–Crippen LogP) is 5.41. The highest BCUT2D eigenvalue weighted by molar-refractivity contribution is 5.22. The van der Waals surface area contributed by atoms with Gasteiger partial charge in [-0.15, -0.1) is 0 Å². The Morgan fingerprint density at radius 2 is 1.59 bits per heavy atom. The van der Waals surface area contributed by atoms with Crippen molar-refractivity contribution >= 4 is 0 Å². The van der Waals surface area contributed by atoms with Crippen LogP contribution in [-0.2, 0) is 9.47 Å². The minimum atomic E-state index is -0.264. The number of ether oxygens (including phenoxy) is 2. The minimum Gasteiger partial charge on any atom is -0.349 e. The molecule has 1 spiro atoms. The first-order chi connectivity index (χ1) is 10.1. The van der Waals surface area contributed by atoms with Gasteiger partial charge in [0.15, 0.2) is 5.79 Å². The molecule has 2 heterocycles. The molecule has 5 atom stereocenters. The topological polar surface area (TPSA) is 18.5 Å². The maximum absolute atomic E-state index is 6.73. The third-order valence-corrected chi connectivity index (χ3v) is 8.37. The average Bonchev–Trinajstić information content (AvgIpc) is 2.88. The van der Waals surface area contributed by atoms with E-state index in [9.17, 15) is 0 Å². The average molecular weight is 309 g/mol. The standard InChI is InChI=1S/C18H30O2.C2H6/c1-14(2)9-13-12(15(14,3)4)7-8-18(20-13)17(6)10-16(17,5)11-19-18;1-2/h12-13H,7-11H2,1-6H3;1-2H3/t12-,13-,16+,17+,18-;/m0./s1. The number of rotatable bonds is 0. The summed E-state index contributed by atoms with van der Waals surface area (Å²) in [7, 11) is 0. The zero-order chi connectivity index (χ0) is 16.6. The van der Waals surface area contributed by atoms with Crippen LogP contribution in [0.25, 0.3) is 0 Å². The van der Waals surface area contributed by atoms with Gasteiger partial charge in [0.25, 0.3) is 0 Å². The summed E-state index contributed by atoms with van der Waals surface area (Å²) in [5.41, 5.74) is 1.37. The molecule has 2 nitrogen and oxygen atoms in total. The molecule has 2 saturated heterocycles. The molecule has 0 bridgehead atoms. The molecule has 2 aliphatic carbocycles. The molecule has 2 aliphatic heterocycles. The van der Waals surface area contributed by atoms with Gasteiger partial charge in [0.05, 0.1) is 12.7 Å². The molecule has 0 amide bonds. The molecule has 0 radical (unpaired) electrons. The Kier molecular flexibility index (Phi) is 3.43. The highest BCUT2D eigenvalue weighted by atomic mass is 16.7. The zero-order valence-corrected chi connectivity index (χ0v) is 16.0. The largest absolute Gasteiger partial charge is 0.349 e. The Hall–Kier alpha value is -0.0800. The van der Waals surface area contributed by atoms with Crippen molar-refractivity contribution in [3.63, 3.8) is 0 Å². The van der Waals surface area contributed by atoms with Crippen molar-refractivity contribution in [2.45, 2.75) is 93.0 Å². The molecule has 0 aromatic heterocycles. The smallest absolute Gasteiger partial charge is 0.174 e. The summed E-state index contributed by atoms with van der Waals surface area (Å²) in [6.45, 7) is 19.4. The van der Waals surface area contributed by atoms with E-state index in [1.54, 1.807) is 0 Å². The maximum atomic E-state index is 6.73. The lowest BCUT2D eigenvalue weighted by Gasteiger charge is -2.47. The van der Waals surface area contributed by atoms with Crippen molar-refractivity contribution < 1.29 is 9.47 Å². The second-order valence-electron chi connectivity index (χ2n) is 9.72. The SMILES string of the molecule is CC.CC1(C)C[C@@H]2O[C@]3(CC[C@@H]2C1(C)C)OC[C@@]1(C)C[C@]13C. The Balaban J connectivity index is 0.000000693. The monoisotopic (exact) mass is 308 g/mol. The molecule has 4 fully saturated rings. The van der Waals surface area contributed by atoms with Crippen LogP contribution in [0, 0.1) is 27.6 Å². The molecular formula is C20H36O2. The first kappa shape index (κ1) is 16.8. The van der Waals surface area contributed by atoms with Gasteiger partial charge in [0.2, 0.25) is 0 Å². The van der Waals surface area contributed by atoms with E-state index in [2.05, 4.69) is 41.5 Å². The zero-order valence-electron chi connectivity index (χ0n) is 16.0. The second kappa shape index (κ2) is 4.51. The van der Waals surface area contributed by atoms with Gasteiger partial charge >= 0.3 is 0 Å². The summed E-state index contributed by atoms with van der Waals surface area (Å²) in [6.07, 6.45) is 5.23. The van der Waals surface area contributed by atoms with Crippen molar-refractivity contribution in [3.05, 3.63) is 0 Å². The first-order valence-corrected chi connectivity index (χ1v) is 9.39. The summed E-state index contributed by atoms with van der Waals surface area (Å²) in [5.74, 6) is 0.431. The Labute approximate surface area is 137 Å². The quantitative estimate of drug-likeness (QED) is 0.596. The van der Waals surface area contributed by atoms with Gasteiger partial charge in [-0.3, -0.25) is 0 Å². The Morgan fingerprint density at radius 1 is 0.955 bits per heavy atom. The van der Waals surface area contributed by atoms with Crippen LogP contribution in [0.15, 0.2) is 0 Å². The van der Waals surface area contributed by atoms with E-state index < -0.39 is 0 Å². The van der Waals surface area contributed by atoms with Crippen molar-refractivity contribution in [3.8, 4) is 0 Å². The molecule has 4 aliphatic rings. The van der Waals surface area contributed by atoms with Crippen LogP contribution < -0.4 is 0 Å². The lowest BCUT2D eigenvalue weighted by molar-refractivity contribution is -0.301. The number of hydrogen-bond acceptors (Lipinski definition) is 2. The fourth-order valence-corrected chi connectivity index (χ4v) is 5.68. The van der Waals surface area contributed by atoms with E-state index in [0.29, 0.717) is 28.3 Å². The van der Waals surface area contributed by atoms with Crippen LogP contribution in [0.1, 0.15) is 81.1 Å². The Bertz CT molecular complexity index is 464. The number of fused-ring (bicyclic) bond motifs is 3. The molecule has 0 aromatic rings. The van der Waals surface area contributed by atoms with E-state index in [1.165, 1.54) is 19.3 Å². The van der Waals surface area contributed by atoms with E-state index in [-0.39, 0.29) is 11.2 Å². The maximum Gasteiger partial charge on any atom is 0.174 e. The van der Waals surface area contributed by atoms with Crippen LogP contribution in [-0.4, -0.2) is 18.5 Å². The molecule has 4 rings (SSSR count). The molecule has 2 heteroatoms. The molecule has 22 heavy (non-hydrogen) atoms. The Morgan fingerprint density at radius 3 is 2.09 bits per heavy atom. The second-order valence-corrected chi connectivity index (χ2v) is 9.72. The summed E-state index contributed by atoms with van der Waals surface area (Å²) in [4.78, 5) is 0.